The molecule has 2 aliphatic rings. The molecule has 8 rings (SSSR count). The molecular weight excluding hydrogens is 515 g/mol. The molecule has 1 aromatic heterocycles. The zero-order chi connectivity index (χ0) is 27.6. The molecule has 2 heterocycles. The highest BCUT2D eigenvalue weighted by atomic mass is 32.1. The fraction of sp³-hybridized carbons (Fsp3) is 0.128. The predicted octanol–water partition coefficient (Wildman–Crippen LogP) is 11.4. The molecule has 0 bridgehead atoms. The summed E-state index contributed by atoms with van der Waals surface area (Å²) in [7, 11) is 0. The summed E-state index contributed by atoms with van der Waals surface area (Å²) in [5.74, 6) is 0. The largest absolute Gasteiger partial charge is 0.310 e. The summed E-state index contributed by atoms with van der Waals surface area (Å²) in [5, 5.41) is 2.69. The molecule has 2 heteroatoms. The first-order valence-corrected chi connectivity index (χ1v) is 15.3. The fourth-order valence-corrected chi connectivity index (χ4v) is 8.05. The van der Waals surface area contributed by atoms with Crippen molar-refractivity contribution >= 4 is 42.9 Å². The molecule has 0 atom stereocenters. The van der Waals surface area contributed by atoms with Crippen LogP contribution in [0.2, 0.25) is 0 Å². The third-order valence-corrected chi connectivity index (χ3v) is 10.1. The van der Waals surface area contributed by atoms with Crippen LogP contribution in [0.5, 0.6) is 0 Å². The number of benzene rings is 5. The van der Waals surface area contributed by atoms with Crippen LogP contribution < -0.4 is 4.90 Å². The van der Waals surface area contributed by atoms with Crippen LogP contribution in [-0.2, 0) is 5.41 Å². The Balaban J connectivity index is 1.30. The summed E-state index contributed by atoms with van der Waals surface area (Å²) < 4.78 is 2.72. The van der Waals surface area contributed by atoms with Crippen LogP contribution in [0.25, 0.3) is 42.4 Å². The van der Waals surface area contributed by atoms with Gasteiger partial charge in [0.05, 0.1) is 5.69 Å². The molecule has 0 saturated heterocycles. The Morgan fingerprint density at radius 1 is 0.634 bits per heavy atom. The second-order valence-electron chi connectivity index (χ2n) is 11.7. The monoisotopic (exact) mass is 545 g/mol. The van der Waals surface area contributed by atoms with Gasteiger partial charge in [-0.1, -0.05) is 111 Å². The van der Waals surface area contributed by atoms with E-state index < -0.39 is 0 Å². The van der Waals surface area contributed by atoms with E-state index in [1.807, 2.05) is 11.3 Å². The van der Waals surface area contributed by atoms with Gasteiger partial charge in [-0.05, 0) is 76.6 Å². The fourth-order valence-electron chi connectivity index (χ4n) is 6.81. The lowest BCUT2D eigenvalue weighted by atomic mass is 9.70. The quantitative estimate of drug-likeness (QED) is 0.214. The van der Waals surface area contributed by atoms with Gasteiger partial charge < -0.3 is 4.90 Å². The molecule has 1 nitrogen and oxygen atoms in total. The molecule has 1 aliphatic heterocycles. The van der Waals surface area contributed by atoms with Crippen molar-refractivity contribution in [2.45, 2.75) is 32.1 Å². The predicted molar refractivity (Wildman–Crippen MR) is 177 cm³/mol. The van der Waals surface area contributed by atoms with E-state index >= 15 is 0 Å². The minimum Gasteiger partial charge on any atom is -0.310 e. The minimum atomic E-state index is -0.0911. The summed E-state index contributed by atoms with van der Waals surface area (Å²) in [6.07, 6.45) is 7.09. The second kappa shape index (κ2) is 9.33. The molecule has 0 amide bonds. The standard InChI is InChI=1S/C39H31NS/c1-39(2)33-16-7-8-17-35(33)40(29-22-19-27(20-23-29)26-11-4-3-5-12-26)36-24-21-28(25-34(36)39)30-14-10-15-32-31-13-6-9-18-37(31)41-38(30)32/h3-6,9-25H,7-8H2,1-2H3. The molecule has 1 aliphatic carbocycles. The zero-order valence-corrected chi connectivity index (χ0v) is 24.2. The third kappa shape index (κ3) is 3.82. The maximum atomic E-state index is 2.49. The Labute approximate surface area is 245 Å². The van der Waals surface area contributed by atoms with Gasteiger partial charge in [-0.2, -0.15) is 0 Å². The first-order chi connectivity index (χ1) is 20.1. The van der Waals surface area contributed by atoms with E-state index in [-0.39, 0.29) is 5.41 Å². The van der Waals surface area contributed by atoms with Gasteiger partial charge in [0.1, 0.15) is 0 Å². The number of thiophene rings is 1. The molecule has 0 fully saturated rings. The van der Waals surface area contributed by atoms with E-state index in [0.29, 0.717) is 0 Å². The number of allylic oxidation sites excluding steroid dienone is 3. The van der Waals surface area contributed by atoms with Crippen LogP contribution in [0.1, 0.15) is 32.3 Å². The van der Waals surface area contributed by atoms with Crippen molar-refractivity contribution in [1.29, 1.82) is 0 Å². The molecule has 0 unspecified atom stereocenters. The third-order valence-electron chi connectivity index (χ3n) is 8.90. The zero-order valence-electron chi connectivity index (χ0n) is 23.4. The average Bonchev–Trinajstić information content (AvgIpc) is 3.41. The van der Waals surface area contributed by atoms with Crippen molar-refractivity contribution in [2.75, 3.05) is 4.90 Å². The summed E-state index contributed by atoms with van der Waals surface area (Å²) in [4.78, 5) is 2.49. The van der Waals surface area contributed by atoms with E-state index in [4.69, 9.17) is 0 Å². The molecule has 41 heavy (non-hydrogen) atoms. The van der Waals surface area contributed by atoms with Crippen LogP contribution in [0.3, 0.4) is 0 Å². The maximum Gasteiger partial charge on any atom is 0.0502 e. The van der Waals surface area contributed by atoms with Gasteiger partial charge in [0.15, 0.2) is 0 Å². The minimum absolute atomic E-state index is 0.0911. The maximum absolute atomic E-state index is 2.49. The molecule has 0 spiro atoms. The van der Waals surface area contributed by atoms with Crippen molar-refractivity contribution in [3.8, 4) is 22.3 Å². The molecule has 6 aromatic rings. The van der Waals surface area contributed by atoms with Crippen molar-refractivity contribution < 1.29 is 0 Å². The number of nitrogens with zero attached hydrogens (tertiary/aromatic N) is 1. The van der Waals surface area contributed by atoms with E-state index in [1.165, 1.54) is 70.6 Å². The lowest BCUT2D eigenvalue weighted by molar-refractivity contribution is 0.603. The van der Waals surface area contributed by atoms with Crippen LogP contribution in [-0.4, -0.2) is 0 Å². The normalized spacial score (nSPS) is 15.8. The van der Waals surface area contributed by atoms with Crippen molar-refractivity contribution in [1.82, 2.24) is 0 Å². The average molecular weight is 546 g/mol. The first kappa shape index (κ1) is 24.4. The number of hydrogen-bond acceptors (Lipinski definition) is 2. The molecule has 5 aromatic carbocycles. The summed E-state index contributed by atoms with van der Waals surface area (Å²) in [5.41, 5.74) is 11.6. The van der Waals surface area contributed by atoms with Crippen molar-refractivity contribution in [2.24, 2.45) is 0 Å². The number of anilines is 2. The number of rotatable bonds is 3. The van der Waals surface area contributed by atoms with Gasteiger partial charge in [-0.25, -0.2) is 0 Å². The van der Waals surface area contributed by atoms with E-state index in [0.717, 1.165) is 12.8 Å². The highest BCUT2D eigenvalue weighted by molar-refractivity contribution is 7.26. The van der Waals surface area contributed by atoms with Crippen LogP contribution in [0.4, 0.5) is 11.4 Å². The Morgan fingerprint density at radius 3 is 2.20 bits per heavy atom. The van der Waals surface area contributed by atoms with E-state index in [1.54, 1.807) is 0 Å². The topological polar surface area (TPSA) is 3.24 Å². The van der Waals surface area contributed by atoms with E-state index in [2.05, 4.69) is 146 Å². The summed E-state index contributed by atoms with van der Waals surface area (Å²) in [6.45, 7) is 4.80. The first-order valence-electron chi connectivity index (χ1n) is 14.5. The Morgan fingerprint density at radius 2 is 1.34 bits per heavy atom. The van der Waals surface area contributed by atoms with E-state index in [9.17, 15) is 0 Å². The van der Waals surface area contributed by atoms with Gasteiger partial charge >= 0.3 is 0 Å². The van der Waals surface area contributed by atoms with Gasteiger partial charge in [0.25, 0.3) is 0 Å². The summed E-state index contributed by atoms with van der Waals surface area (Å²) >= 11 is 1.90. The second-order valence-corrected chi connectivity index (χ2v) is 12.7. The molecule has 198 valence electrons. The van der Waals surface area contributed by atoms with Crippen LogP contribution in [0.15, 0.2) is 139 Å². The van der Waals surface area contributed by atoms with Crippen molar-refractivity contribution in [3.05, 3.63) is 144 Å². The molecule has 0 saturated carbocycles. The van der Waals surface area contributed by atoms with Crippen molar-refractivity contribution in [3.63, 3.8) is 0 Å². The number of hydrogen-bond donors (Lipinski definition) is 0. The van der Waals surface area contributed by atoms with Crippen LogP contribution >= 0.6 is 11.3 Å². The lowest BCUT2D eigenvalue weighted by Crippen LogP contribution is -2.36. The highest BCUT2D eigenvalue weighted by Gasteiger charge is 2.40. The van der Waals surface area contributed by atoms with Gasteiger partial charge in [0.2, 0.25) is 0 Å². The Hall–Kier alpha value is -4.40. The number of fused-ring (bicyclic) bond motifs is 5. The summed E-state index contributed by atoms with van der Waals surface area (Å²) in [6, 6.07) is 42.4. The van der Waals surface area contributed by atoms with Gasteiger partial charge in [-0.15, -0.1) is 11.3 Å². The smallest absolute Gasteiger partial charge is 0.0502 e. The molecule has 0 radical (unpaired) electrons. The Bertz CT molecular complexity index is 2000. The highest BCUT2D eigenvalue weighted by Crippen LogP contribution is 2.53. The molecular formula is C39H31NS. The molecule has 0 N–H and O–H groups in total. The van der Waals surface area contributed by atoms with Crippen LogP contribution in [0, 0.1) is 0 Å². The van der Waals surface area contributed by atoms with Gasteiger partial charge in [-0.3, -0.25) is 0 Å². The SMILES string of the molecule is CC1(C)C2=CCCC=C2N(c2ccc(-c3ccccc3)cc2)c2ccc(-c3cccc4c3sc3ccccc34)cc21. The lowest BCUT2D eigenvalue weighted by Gasteiger charge is -2.45. The van der Waals surface area contributed by atoms with Gasteiger partial charge in [0, 0.05) is 37.0 Å². The Kier molecular flexibility index (Phi) is 5.55.